The summed E-state index contributed by atoms with van der Waals surface area (Å²) in [4.78, 5) is 12.3. The van der Waals surface area contributed by atoms with Crippen molar-refractivity contribution in [3.05, 3.63) is 78.4 Å². The third kappa shape index (κ3) is 4.44. The van der Waals surface area contributed by atoms with Gasteiger partial charge in [-0.3, -0.25) is 4.18 Å². The van der Waals surface area contributed by atoms with E-state index in [-0.39, 0.29) is 11.5 Å². The molecule has 0 radical (unpaired) electrons. The fourth-order valence-corrected chi connectivity index (χ4v) is 3.82. The molecule has 0 unspecified atom stereocenters. The molecule has 6 nitrogen and oxygen atoms in total. The molecule has 1 aliphatic rings. The van der Waals surface area contributed by atoms with Gasteiger partial charge in [-0.1, -0.05) is 42.0 Å². The number of ether oxygens (including phenoxy) is 2. The molecule has 0 spiro atoms. The number of hydrogen-bond donors (Lipinski definition) is 0. The van der Waals surface area contributed by atoms with Gasteiger partial charge in [0.05, 0.1) is 17.1 Å². The first kappa shape index (κ1) is 19.3. The van der Waals surface area contributed by atoms with Gasteiger partial charge in [-0.05, 0) is 31.2 Å². The van der Waals surface area contributed by atoms with Gasteiger partial charge in [0.2, 0.25) is 0 Å². The molecule has 0 N–H and O–H groups in total. The van der Waals surface area contributed by atoms with Crippen LogP contribution in [0.3, 0.4) is 0 Å². The van der Waals surface area contributed by atoms with E-state index in [2.05, 4.69) is 6.58 Å². The van der Waals surface area contributed by atoms with Crippen molar-refractivity contribution in [2.45, 2.75) is 30.1 Å². The maximum Gasteiger partial charge on any atom is 0.338 e. The van der Waals surface area contributed by atoms with E-state index in [0.29, 0.717) is 5.56 Å². The van der Waals surface area contributed by atoms with Crippen LogP contribution in [0.25, 0.3) is 0 Å². The van der Waals surface area contributed by atoms with Gasteiger partial charge in [0.1, 0.15) is 12.2 Å². The van der Waals surface area contributed by atoms with Gasteiger partial charge < -0.3 is 9.47 Å². The van der Waals surface area contributed by atoms with Gasteiger partial charge in [-0.2, -0.15) is 8.42 Å². The normalized spacial score (nSPS) is 22.3. The Morgan fingerprint density at radius 3 is 2.44 bits per heavy atom. The Morgan fingerprint density at radius 1 is 1.15 bits per heavy atom. The molecule has 0 bridgehead atoms. The molecule has 1 fully saturated rings. The third-order valence-corrected chi connectivity index (χ3v) is 5.52. The van der Waals surface area contributed by atoms with Crippen molar-refractivity contribution in [2.24, 2.45) is 0 Å². The van der Waals surface area contributed by atoms with E-state index < -0.39 is 34.4 Å². The summed E-state index contributed by atoms with van der Waals surface area (Å²) >= 11 is 0. The van der Waals surface area contributed by atoms with Crippen LogP contribution in [0.5, 0.6) is 0 Å². The molecule has 0 amide bonds. The van der Waals surface area contributed by atoms with Crippen LogP contribution in [0.1, 0.15) is 15.9 Å². The molecule has 1 saturated heterocycles. The first-order valence-electron chi connectivity index (χ1n) is 8.41. The number of hydrogen-bond acceptors (Lipinski definition) is 6. The number of rotatable bonds is 6. The van der Waals surface area contributed by atoms with Crippen LogP contribution in [-0.2, 0) is 23.8 Å². The lowest BCUT2D eigenvalue weighted by Crippen LogP contribution is -2.37. The van der Waals surface area contributed by atoms with Crippen LogP contribution in [0, 0.1) is 6.92 Å². The standard InChI is InChI=1S/C20H20O6S/c1-3-17-19(26-27(22,23)16-11-9-14(2)10-12-16)18(13-24-17)25-20(21)15-7-5-4-6-8-15/h3-12,17-19H,1,13H2,2H3/t17-,18+,19+/m0/s1. The van der Waals surface area contributed by atoms with Gasteiger partial charge in [0, 0.05) is 0 Å². The number of esters is 1. The van der Waals surface area contributed by atoms with Gasteiger partial charge in [-0.25, -0.2) is 4.79 Å². The summed E-state index contributed by atoms with van der Waals surface area (Å²) in [5.41, 5.74) is 1.29. The maximum atomic E-state index is 12.6. The van der Waals surface area contributed by atoms with E-state index in [1.807, 2.05) is 6.92 Å². The Balaban J connectivity index is 1.78. The molecule has 27 heavy (non-hydrogen) atoms. The molecule has 1 heterocycles. The van der Waals surface area contributed by atoms with Crippen LogP contribution < -0.4 is 0 Å². The quantitative estimate of drug-likeness (QED) is 0.430. The van der Waals surface area contributed by atoms with Gasteiger partial charge in [0.15, 0.2) is 6.10 Å². The lowest BCUT2D eigenvalue weighted by Gasteiger charge is -2.21. The molecule has 2 aromatic carbocycles. The van der Waals surface area contributed by atoms with Crippen molar-refractivity contribution >= 4 is 16.1 Å². The largest absolute Gasteiger partial charge is 0.453 e. The van der Waals surface area contributed by atoms with E-state index in [1.54, 1.807) is 42.5 Å². The molecule has 0 aromatic heterocycles. The van der Waals surface area contributed by atoms with Gasteiger partial charge >= 0.3 is 5.97 Å². The molecule has 2 aromatic rings. The zero-order valence-electron chi connectivity index (χ0n) is 14.8. The van der Waals surface area contributed by atoms with Crippen molar-refractivity contribution in [1.29, 1.82) is 0 Å². The van der Waals surface area contributed by atoms with Crippen LogP contribution in [0.2, 0.25) is 0 Å². The maximum absolute atomic E-state index is 12.6. The topological polar surface area (TPSA) is 78.9 Å². The monoisotopic (exact) mass is 388 g/mol. The fraction of sp³-hybridized carbons (Fsp3) is 0.250. The predicted molar refractivity (Wildman–Crippen MR) is 98.8 cm³/mol. The summed E-state index contributed by atoms with van der Waals surface area (Å²) < 4.78 is 41.5. The summed E-state index contributed by atoms with van der Waals surface area (Å²) in [6.07, 6.45) is -1.16. The Hall–Kier alpha value is -2.48. The van der Waals surface area contributed by atoms with E-state index in [9.17, 15) is 13.2 Å². The first-order valence-corrected chi connectivity index (χ1v) is 9.81. The summed E-state index contributed by atoms with van der Waals surface area (Å²) in [5, 5.41) is 0. The van der Waals surface area contributed by atoms with Crippen molar-refractivity contribution in [3.63, 3.8) is 0 Å². The highest BCUT2D eigenvalue weighted by molar-refractivity contribution is 7.86. The van der Waals surface area contributed by atoms with Crippen molar-refractivity contribution < 1.29 is 26.9 Å². The average Bonchev–Trinajstić information content (AvgIpc) is 3.03. The highest BCUT2D eigenvalue weighted by Crippen LogP contribution is 2.26. The Kier molecular flexibility index (Phi) is 5.74. The Bertz CT molecular complexity index is 905. The highest BCUT2D eigenvalue weighted by atomic mass is 32.2. The van der Waals surface area contributed by atoms with Gasteiger partial charge in [0.25, 0.3) is 10.1 Å². The zero-order chi connectivity index (χ0) is 19.4. The van der Waals surface area contributed by atoms with Crippen LogP contribution in [0.4, 0.5) is 0 Å². The molecule has 0 aliphatic carbocycles. The number of carbonyl (C=O) groups excluding carboxylic acids is 1. The smallest absolute Gasteiger partial charge is 0.338 e. The minimum atomic E-state index is -4.06. The molecule has 3 atom stereocenters. The zero-order valence-corrected chi connectivity index (χ0v) is 15.6. The summed E-state index contributed by atoms with van der Waals surface area (Å²) in [6.45, 7) is 5.51. The first-order chi connectivity index (χ1) is 12.9. The third-order valence-electron chi connectivity index (χ3n) is 4.19. The molecule has 7 heteroatoms. The Labute approximate surface area is 158 Å². The Morgan fingerprint density at radius 2 is 1.81 bits per heavy atom. The summed E-state index contributed by atoms with van der Waals surface area (Å²) in [5.74, 6) is -0.574. The molecular weight excluding hydrogens is 368 g/mol. The van der Waals surface area contributed by atoms with Crippen LogP contribution >= 0.6 is 0 Å². The molecule has 0 saturated carbocycles. The minimum Gasteiger partial charge on any atom is -0.453 e. The van der Waals surface area contributed by atoms with Crippen molar-refractivity contribution in [2.75, 3.05) is 6.61 Å². The second kappa shape index (κ2) is 8.04. The van der Waals surface area contributed by atoms with E-state index in [1.165, 1.54) is 18.2 Å². The second-order valence-corrected chi connectivity index (χ2v) is 7.74. The second-order valence-electron chi connectivity index (χ2n) is 6.17. The molecular formula is C20H20O6S. The van der Waals surface area contributed by atoms with E-state index in [4.69, 9.17) is 13.7 Å². The van der Waals surface area contributed by atoms with Gasteiger partial charge in [-0.15, -0.1) is 6.58 Å². The minimum absolute atomic E-state index is 0.0172. The number of aryl methyl sites for hydroxylation is 1. The highest BCUT2D eigenvalue weighted by Gasteiger charge is 2.42. The molecule has 142 valence electrons. The lowest BCUT2D eigenvalue weighted by atomic mass is 10.1. The van der Waals surface area contributed by atoms with Crippen LogP contribution in [-0.4, -0.2) is 39.3 Å². The van der Waals surface area contributed by atoms with Crippen molar-refractivity contribution in [3.8, 4) is 0 Å². The fourth-order valence-electron chi connectivity index (χ4n) is 2.71. The predicted octanol–water partition coefficient (Wildman–Crippen LogP) is 2.88. The van der Waals surface area contributed by atoms with Crippen LogP contribution in [0.15, 0.2) is 72.1 Å². The number of carbonyl (C=O) groups is 1. The molecule has 1 aliphatic heterocycles. The average molecular weight is 388 g/mol. The van der Waals surface area contributed by atoms with Crippen molar-refractivity contribution in [1.82, 2.24) is 0 Å². The summed E-state index contributed by atoms with van der Waals surface area (Å²) in [7, 11) is -4.06. The summed E-state index contributed by atoms with van der Waals surface area (Å²) in [6, 6.07) is 14.7. The lowest BCUT2D eigenvalue weighted by molar-refractivity contribution is 0.00655. The molecule has 3 rings (SSSR count). The SMILES string of the molecule is C=C[C@@H]1OC[C@@H](OC(=O)c2ccccc2)[C@@H]1OS(=O)(=O)c1ccc(C)cc1. The van der Waals surface area contributed by atoms with E-state index in [0.717, 1.165) is 5.56 Å². The van der Waals surface area contributed by atoms with E-state index >= 15 is 0 Å². The number of benzene rings is 2.